The Morgan fingerprint density at radius 2 is 1.54 bits per heavy atom. The van der Waals surface area contributed by atoms with Crippen LogP contribution in [0, 0.1) is 0 Å². The van der Waals surface area contributed by atoms with Gasteiger partial charge < -0.3 is 0 Å². The number of halogens is 6. The number of nitrogens with two attached hydrogens (primary N) is 1. The van der Waals surface area contributed by atoms with Gasteiger partial charge in [0.05, 0.1) is 23.0 Å². The lowest BCUT2D eigenvalue weighted by molar-refractivity contribution is -0.143. The molecule has 0 bridgehead atoms. The quantitative estimate of drug-likeness (QED) is 0.650. The molecule has 26 heavy (non-hydrogen) atoms. The van der Waals surface area contributed by atoms with Gasteiger partial charge in [-0.1, -0.05) is 11.3 Å². The summed E-state index contributed by atoms with van der Waals surface area (Å²) in [5.74, 6) is 0. The molecule has 0 aliphatic rings. The van der Waals surface area contributed by atoms with Crippen LogP contribution in [0.4, 0.5) is 26.3 Å². The van der Waals surface area contributed by atoms with Crippen molar-refractivity contribution in [2.45, 2.75) is 16.7 Å². The molecule has 6 nitrogen and oxygen atoms in total. The smallest absolute Gasteiger partial charge is 0.223 e. The SMILES string of the molecule is NS(=O)(=O)c1nn2cc(-c3cc(C(F)(F)F)cc(C(F)(F)F)c3)nc2s1. The summed E-state index contributed by atoms with van der Waals surface area (Å²) in [5.41, 5.74) is -3.66. The Balaban J connectivity index is 2.16. The average Bonchev–Trinajstić information content (AvgIpc) is 3.02. The molecule has 0 aliphatic heterocycles. The molecule has 0 unspecified atom stereocenters. The second kappa shape index (κ2) is 5.65. The molecular formula is C12H6F6N4O2S2. The molecule has 140 valence electrons. The summed E-state index contributed by atoms with van der Waals surface area (Å²) in [6.45, 7) is 0. The van der Waals surface area contributed by atoms with Crippen LogP contribution in [0.15, 0.2) is 28.7 Å². The highest BCUT2D eigenvalue weighted by Crippen LogP contribution is 2.38. The van der Waals surface area contributed by atoms with E-state index in [0.29, 0.717) is 23.5 Å². The first-order valence-electron chi connectivity index (χ1n) is 6.44. The zero-order valence-electron chi connectivity index (χ0n) is 12.1. The molecular weight excluding hydrogens is 410 g/mol. The zero-order chi connectivity index (χ0) is 19.5. The Morgan fingerprint density at radius 3 is 1.96 bits per heavy atom. The van der Waals surface area contributed by atoms with E-state index in [2.05, 4.69) is 10.1 Å². The number of fused-ring (bicyclic) bond motifs is 1. The third kappa shape index (κ3) is 3.52. The van der Waals surface area contributed by atoms with E-state index >= 15 is 0 Å². The van der Waals surface area contributed by atoms with Crippen molar-refractivity contribution in [1.29, 1.82) is 0 Å². The molecule has 0 radical (unpaired) electrons. The summed E-state index contributed by atoms with van der Waals surface area (Å²) in [6, 6.07) is 1.03. The third-order valence-corrected chi connectivity index (χ3v) is 5.38. The van der Waals surface area contributed by atoms with E-state index in [-0.39, 0.29) is 16.7 Å². The minimum Gasteiger partial charge on any atom is -0.223 e. The van der Waals surface area contributed by atoms with E-state index in [1.54, 1.807) is 0 Å². The number of benzene rings is 1. The Hall–Kier alpha value is -2.19. The van der Waals surface area contributed by atoms with E-state index in [4.69, 9.17) is 5.14 Å². The van der Waals surface area contributed by atoms with Crippen LogP contribution in [0.1, 0.15) is 11.1 Å². The molecule has 0 spiro atoms. The summed E-state index contributed by atoms with van der Waals surface area (Å²) >= 11 is 0.523. The fourth-order valence-electron chi connectivity index (χ4n) is 2.04. The largest absolute Gasteiger partial charge is 0.416 e. The van der Waals surface area contributed by atoms with Crippen LogP contribution in [0.2, 0.25) is 0 Å². The minimum atomic E-state index is -4.99. The summed E-state index contributed by atoms with van der Waals surface area (Å²) < 4.78 is 100. The van der Waals surface area contributed by atoms with Crippen LogP contribution in [0.25, 0.3) is 16.2 Å². The Morgan fingerprint density at radius 1 is 1.00 bits per heavy atom. The van der Waals surface area contributed by atoms with Gasteiger partial charge in [-0.3, -0.25) is 0 Å². The molecule has 0 amide bonds. The molecule has 2 N–H and O–H groups in total. The van der Waals surface area contributed by atoms with Gasteiger partial charge in [0.15, 0.2) is 0 Å². The first-order chi connectivity index (χ1) is 11.7. The van der Waals surface area contributed by atoms with Crippen molar-refractivity contribution in [3.8, 4) is 11.3 Å². The fraction of sp³-hybridized carbons (Fsp3) is 0.167. The third-order valence-electron chi connectivity index (χ3n) is 3.15. The van der Waals surface area contributed by atoms with Crippen LogP contribution >= 0.6 is 11.3 Å². The van der Waals surface area contributed by atoms with Crippen molar-refractivity contribution in [1.82, 2.24) is 14.6 Å². The second-order valence-corrected chi connectivity index (χ2v) is 7.75. The van der Waals surface area contributed by atoms with Crippen molar-refractivity contribution in [3.63, 3.8) is 0 Å². The first-order valence-corrected chi connectivity index (χ1v) is 8.80. The fourth-order valence-corrected chi connectivity index (χ4v) is 3.54. The monoisotopic (exact) mass is 416 g/mol. The highest BCUT2D eigenvalue weighted by molar-refractivity contribution is 7.91. The Labute approximate surface area is 144 Å². The van der Waals surface area contributed by atoms with Crippen LogP contribution < -0.4 is 5.14 Å². The van der Waals surface area contributed by atoms with Gasteiger partial charge in [-0.15, -0.1) is 5.10 Å². The van der Waals surface area contributed by atoms with Gasteiger partial charge in [0.25, 0.3) is 10.0 Å². The maximum absolute atomic E-state index is 12.9. The van der Waals surface area contributed by atoms with Crippen LogP contribution in [-0.2, 0) is 22.4 Å². The van der Waals surface area contributed by atoms with Gasteiger partial charge in [0, 0.05) is 5.56 Å². The van der Waals surface area contributed by atoms with E-state index in [0.717, 1.165) is 10.7 Å². The first kappa shape index (κ1) is 18.6. The molecule has 0 atom stereocenters. The molecule has 2 aromatic heterocycles. The van der Waals surface area contributed by atoms with Crippen molar-refractivity contribution in [2.75, 3.05) is 0 Å². The number of hydrogen-bond acceptors (Lipinski definition) is 5. The number of sulfonamides is 1. The summed E-state index contributed by atoms with van der Waals surface area (Å²) in [4.78, 5) is 3.77. The standard InChI is InChI=1S/C12H6F6N4O2S2/c13-11(14,15)6-1-5(2-7(3-6)12(16,17)18)8-4-22-9(20-8)25-10(21-22)26(19,23)24/h1-4H,(H2,19,23,24). The van der Waals surface area contributed by atoms with Gasteiger partial charge >= 0.3 is 12.4 Å². The highest BCUT2D eigenvalue weighted by Gasteiger charge is 2.37. The molecule has 0 fully saturated rings. The number of nitrogens with zero attached hydrogens (tertiary/aromatic N) is 3. The number of primary sulfonamides is 1. The summed E-state index contributed by atoms with van der Waals surface area (Å²) in [5, 5.41) is 8.48. The molecule has 14 heteroatoms. The lowest BCUT2D eigenvalue weighted by Crippen LogP contribution is -2.12. The molecule has 0 saturated carbocycles. The van der Waals surface area contributed by atoms with Crippen molar-refractivity contribution in [3.05, 3.63) is 35.5 Å². The molecule has 0 saturated heterocycles. The zero-order valence-corrected chi connectivity index (χ0v) is 13.8. The van der Waals surface area contributed by atoms with Crippen molar-refractivity contribution < 1.29 is 34.8 Å². The Kier molecular flexibility index (Phi) is 4.04. The lowest BCUT2D eigenvalue weighted by Gasteiger charge is -2.13. The summed E-state index contributed by atoms with van der Waals surface area (Å²) in [6.07, 6.45) is -8.98. The van der Waals surface area contributed by atoms with Crippen LogP contribution in [-0.4, -0.2) is 23.0 Å². The number of imidazole rings is 1. The second-order valence-electron chi connectivity index (χ2n) is 5.06. The van der Waals surface area contributed by atoms with Gasteiger partial charge in [0.2, 0.25) is 9.30 Å². The molecule has 0 aliphatic carbocycles. The maximum Gasteiger partial charge on any atom is 0.416 e. The molecule has 1 aromatic carbocycles. The van der Waals surface area contributed by atoms with Gasteiger partial charge in [-0.2, -0.15) is 26.3 Å². The molecule has 3 rings (SSSR count). The topological polar surface area (TPSA) is 90.4 Å². The maximum atomic E-state index is 12.9. The van der Waals surface area contributed by atoms with Crippen molar-refractivity contribution >= 4 is 26.3 Å². The van der Waals surface area contributed by atoms with E-state index in [1.165, 1.54) is 0 Å². The normalized spacial score (nSPS) is 13.5. The van der Waals surface area contributed by atoms with E-state index in [9.17, 15) is 34.8 Å². The number of aromatic nitrogens is 3. The molecule has 3 aromatic rings. The van der Waals surface area contributed by atoms with Gasteiger partial charge in [-0.25, -0.2) is 23.1 Å². The van der Waals surface area contributed by atoms with Gasteiger partial charge in [-0.05, 0) is 18.2 Å². The van der Waals surface area contributed by atoms with Crippen molar-refractivity contribution in [2.24, 2.45) is 5.14 Å². The highest BCUT2D eigenvalue weighted by atomic mass is 32.2. The van der Waals surface area contributed by atoms with Gasteiger partial charge in [0.1, 0.15) is 0 Å². The predicted octanol–water partition coefficient (Wildman–Crippen LogP) is 3.14. The van der Waals surface area contributed by atoms with E-state index in [1.807, 2.05) is 0 Å². The average molecular weight is 416 g/mol. The molecule has 2 heterocycles. The predicted molar refractivity (Wildman–Crippen MR) is 77.7 cm³/mol. The number of hydrogen-bond donors (Lipinski definition) is 1. The summed E-state index contributed by atoms with van der Waals surface area (Å²) in [7, 11) is -4.12. The van der Waals surface area contributed by atoms with E-state index < -0.39 is 43.4 Å². The lowest BCUT2D eigenvalue weighted by atomic mass is 10.0. The van der Waals surface area contributed by atoms with Crippen LogP contribution in [0.5, 0.6) is 0 Å². The number of alkyl halides is 6. The van der Waals surface area contributed by atoms with Crippen LogP contribution in [0.3, 0.4) is 0 Å². The minimum absolute atomic E-state index is 0.000721. The Bertz CT molecular complexity index is 1030. The number of rotatable bonds is 2.